The van der Waals surface area contributed by atoms with E-state index in [1.807, 2.05) is 29.8 Å². The predicted octanol–water partition coefficient (Wildman–Crippen LogP) is 3.69. The van der Waals surface area contributed by atoms with E-state index in [0.29, 0.717) is 11.5 Å². The lowest BCUT2D eigenvalue weighted by Gasteiger charge is -2.33. The van der Waals surface area contributed by atoms with E-state index in [1.165, 1.54) is 11.3 Å². The minimum Gasteiger partial charge on any atom is -0.390 e. The zero-order valence-electron chi connectivity index (χ0n) is 18.0. The zero-order valence-corrected chi connectivity index (χ0v) is 19.6. The Morgan fingerprint density at radius 2 is 2.06 bits per heavy atom. The van der Waals surface area contributed by atoms with E-state index in [1.54, 1.807) is 11.3 Å². The number of nitrogens with one attached hydrogen (secondary N) is 4. The van der Waals surface area contributed by atoms with E-state index in [0.717, 1.165) is 66.2 Å². The molecule has 2 fully saturated rings. The summed E-state index contributed by atoms with van der Waals surface area (Å²) >= 11 is 3.09. The molecule has 3 aromatic rings. The van der Waals surface area contributed by atoms with Crippen LogP contribution in [0.5, 0.6) is 0 Å². The van der Waals surface area contributed by atoms with E-state index in [-0.39, 0.29) is 18.0 Å². The van der Waals surface area contributed by atoms with Gasteiger partial charge >= 0.3 is 0 Å². The second-order valence-electron chi connectivity index (χ2n) is 8.93. The number of thiophene rings is 2. The van der Waals surface area contributed by atoms with Crippen molar-refractivity contribution in [2.75, 3.05) is 23.7 Å². The van der Waals surface area contributed by atoms with Crippen molar-refractivity contribution in [2.24, 2.45) is 0 Å². The molecular formula is C22H28N6O2S2. The quantitative estimate of drug-likeness (QED) is 0.372. The number of amides is 1. The number of nitrogens with zero attached hydrogens (tertiary/aromatic N) is 2. The van der Waals surface area contributed by atoms with E-state index in [2.05, 4.69) is 26.3 Å². The average molecular weight is 473 g/mol. The third-order valence-electron chi connectivity index (χ3n) is 6.20. The van der Waals surface area contributed by atoms with Gasteiger partial charge in [-0.05, 0) is 63.1 Å². The van der Waals surface area contributed by atoms with Crippen LogP contribution in [0.4, 0.5) is 16.8 Å². The number of fused-ring (bicyclic) bond motifs is 1. The molecule has 10 heteroatoms. The van der Waals surface area contributed by atoms with Gasteiger partial charge in [0.2, 0.25) is 5.95 Å². The van der Waals surface area contributed by atoms with Crippen LogP contribution in [0.1, 0.15) is 49.4 Å². The Hall–Kier alpha value is -2.27. The Balaban J connectivity index is 1.29. The molecule has 0 unspecified atom stereocenters. The van der Waals surface area contributed by atoms with Gasteiger partial charge in [0, 0.05) is 24.0 Å². The lowest BCUT2D eigenvalue weighted by atomic mass is 9.84. The highest BCUT2D eigenvalue weighted by Gasteiger charge is 2.29. The highest BCUT2D eigenvalue weighted by Crippen LogP contribution is 2.33. The molecule has 0 aromatic carbocycles. The number of anilines is 3. The zero-order chi connectivity index (χ0) is 22.1. The van der Waals surface area contributed by atoms with Gasteiger partial charge in [-0.15, -0.1) is 22.7 Å². The fourth-order valence-electron chi connectivity index (χ4n) is 4.27. The first-order valence-corrected chi connectivity index (χ1v) is 12.8. The highest BCUT2D eigenvalue weighted by atomic mass is 32.1. The normalized spacial score (nSPS) is 25.7. The van der Waals surface area contributed by atoms with Crippen molar-refractivity contribution in [3.63, 3.8) is 0 Å². The molecule has 3 aromatic heterocycles. The summed E-state index contributed by atoms with van der Waals surface area (Å²) in [4.78, 5) is 21.9. The second kappa shape index (κ2) is 8.93. The molecule has 1 saturated heterocycles. The third-order valence-corrected chi connectivity index (χ3v) is 7.96. The molecule has 2 aliphatic rings. The minimum absolute atomic E-state index is 0.0484. The summed E-state index contributed by atoms with van der Waals surface area (Å²) in [7, 11) is 0. The SMILES string of the molecule is CC1(O)CCC(Nc2nc(Nc3cc(C(=O)N[C@@H]4CCNC4)cs3)nc3ccsc23)CC1. The fourth-order valence-corrected chi connectivity index (χ4v) is 5.83. The van der Waals surface area contributed by atoms with Crippen molar-refractivity contribution in [2.45, 2.75) is 56.7 Å². The first kappa shape index (κ1) is 21.6. The molecule has 4 heterocycles. The Bertz CT molecular complexity index is 1090. The highest BCUT2D eigenvalue weighted by molar-refractivity contribution is 7.17. The Morgan fingerprint density at radius 3 is 2.84 bits per heavy atom. The molecule has 170 valence electrons. The molecule has 1 aliphatic carbocycles. The molecule has 1 aliphatic heterocycles. The largest absolute Gasteiger partial charge is 0.390 e. The van der Waals surface area contributed by atoms with Gasteiger partial charge in [0.15, 0.2) is 0 Å². The smallest absolute Gasteiger partial charge is 0.252 e. The summed E-state index contributed by atoms with van der Waals surface area (Å²) in [6.45, 7) is 3.68. The molecule has 1 amide bonds. The monoisotopic (exact) mass is 472 g/mol. The average Bonchev–Trinajstić information content (AvgIpc) is 3.51. The van der Waals surface area contributed by atoms with Crippen molar-refractivity contribution >= 4 is 55.6 Å². The summed E-state index contributed by atoms with van der Waals surface area (Å²) in [6, 6.07) is 4.32. The van der Waals surface area contributed by atoms with E-state index in [4.69, 9.17) is 4.98 Å². The first-order valence-electron chi connectivity index (χ1n) is 11.1. The van der Waals surface area contributed by atoms with Crippen molar-refractivity contribution in [3.05, 3.63) is 28.5 Å². The van der Waals surface area contributed by atoms with Crippen molar-refractivity contribution in [3.8, 4) is 0 Å². The summed E-state index contributed by atoms with van der Waals surface area (Å²) in [5.74, 6) is 1.28. The van der Waals surface area contributed by atoms with Crippen LogP contribution >= 0.6 is 22.7 Å². The number of carbonyl (C=O) groups excluding carboxylic acids is 1. The van der Waals surface area contributed by atoms with Crippen LogP contribution in [-0.4, -0.2) is 51.8 Å². The number of hydrogen-bond donors (Lipinski definition) is 5. The van der Waals surface area contributed by atoms with Crippen LogP contribution in [0.15, 0.2) is 22.9 Å². The van der Waals surface area contributed by atoms with Gasteiger partial charge in [0.05, 0.1) is 26.4 Å². The van der Waals surface area contributed by atoms with Gasteiger partial charge in [-0.25, -0.2) is 4.98 Å². The maximum absolute atomic E-state index is 12.5. The van der Waals surface area contributed by atoms with Crippen LogP contribution in [-0.2, 0) is 0 Å². The molecule has 5 rings (SSSR count). The molecule has 8 nitrogen and oxygen atoms in total. The Morgan fingerprint density at radius 1 is 1.22 bits per heavy atom. The van der Waals surface area contributed by atoms with Crippen molar-refractivity contribution < 1.29 is 9.90 Å². The van der Waals surface area contributed by atoms with Crippen LogP contribution in [0, 0.1) is 0 Å². The maximum Gasteiger partial charge on any atom is 0.252 e. The van der Waals surface area contributed by atoms with Gasteiger partial charge in [0.1, 0.15) is 5.82 Å². The standard InChI is InChI=1S/C22H28N6O2S2/c1-22(30)6-2-14(3-7-22)24-19-18-16(5-9-31-18)26-21(28-19)27-17-10-13(12-32-17)20(29)25-15-4-8-23-11-15/h5,9-10,12,14-15,23,30H,2-4,6-8,11H2,1H3,(H,25,29)(H2,24,26,27,28)/t14?,15-,22?/m1/s1. The number of carbonyl (C=O) groups is 1. The number of rotatable bonds is 6. The molecule has 0 bridgehead atoms. The lowest BCUT2D eigenvalue weighted by molar-refractivity contribution is 0.0196. The lowest BCUT2D eigenvalue weighted by Crippen LogP contribution is -2.36. The molecule has 1 atom stereocenters. The first-order chi connectivity index (χ1) is 15.4. The van der Waals surface area contributed by atoms with Crippen LogP contribution in [0.3, 0.4) is 0 Å². The third kappa shape index (κ3) is 4.88. The van der Waals surface area contributed by atoms with Gasteiger partial charge in [-0.1, -0.05) is 0 Å². The Labute approximate surface area is 194 Å². The van der Waals surface area contributed by atoms with Crippen LogP contribution < -0.4 is 21.3 Å². The number of aromatic nitrogens is 2. The van der Waals surface area contributed by atoms with Crippen molar-refractivity contribution in [1.29, 1.82) is 0 Å². The molecule has 0 radical (unpaired) electrons. The second-order valence-corrected chi connectivity index (χ2v) is 10.8. The van der Waals surface area contributed by atoms with Crippen molar-refractivity contribution in [1.82, 2.24) is 20.6 Å². The summed E-state index contributed by atoms with van der Waals surface area (Å²) in [5.41, 5.74) is 0.974. The number of hydrogen-bond acceptors (Lipinski definition) is 9. The Kier molecular flexibility index (Phi) is 6.02. The van der Waals surface area contributed by atoms with Gasteiger partial charge in [-0.2, -0.15) is 4.98 Å². The summed E-state index contributed by atoms with van der Waals surface area (Å²) in [6.07, 6.45) is 4.35. The number of aliphatic hydroxyl groups is 1. The van der Waals surface area contributed by atoms with E-state index in [9.17, 15) is 9.90 Å². The van der Waals surface area contributed by atoms with Crippen LogP contribution in [0.25, 0.3) is 10.2 Å². The summed E-state index contributed by atoms with van der Waals surface area (Å²) < 4.78 is 1.03. The van der Waals surface area contributed by atoms with Crippen LogP contribution in [0.2, 0.25) is 0 Å². The summed E-state index contributed by atoms with van der Waals surface area (Å²) in [5, 5.41) is 28.1. The molecule has 32 heavy (non-hydrogen) atoms. The maximum atomic E-state index is 12.5. The predicted molar refractivity (Wildman–Crippen MR) is 130 cm³/mol. The van der Waals surface area contributed by atoms with Gasteiger partial charge < -0.3 is 26.4 Å². The topological polar surface area (TPSA) is 111 Å². The fraction of sp³-hybridized carbons (Fsp3) is 0.500. The molecule has 0 spiro atoms. The van der Waals surface area contributed by atoms with Gasteiger partial charge in [0.25, 0.3) is 5.91 Å². The van der Waals surface area contributed by atoms with Gasteiger partial charge in [-0.3, -0.25) is 4.79 Å². The molecule has 1 saturated carbocycles. The molecular weight excluding hydrogens is 444 g/mol. The van der Waals surface area contributed by atoms with E-state index < -0.39 is 5.60 Å². The molecule has 5 N–H and O–H groups in total. The van der Waals surface area contributed by atoms with E-state index >= 15 is 0 Å². The minimum atomic E-state index is -0.563.